The third kappa shape index (κ3) is 2.07. The lowest BCUT2D eigenvalue weighted by atomic mass is 10.2. The summed E-state index contributed by atoms with van der Waals surface area (Å²) in [5.74, 6) is 0. The molecule has 2 heterocycles. The van der Waals surface area contributed by atoms with E-state index in [0.717, 1.165) is 16.6 Å². The predicted molar refractivity (Wildman–Crippen MR) is 73.1 cm³/mol. The summed E-state index contributed by atoms with van der Waals surface area (Å²) in [4.78, 5) is 8.38. The second-order valence-corrected chi connectivity index (χ2v) is 4.75. The third-order valence-corrected chi connectivity index (χ3v) is 3.32. The van der Waals surface area contributed by atoms with Gasteiger partial charge in [0.1, 0.15) is 5.15 Å². The zero-order valence-electron chi connectivity index (χ0n) is 9.35. The maximum absolute atomic E-state index is 6.14. The Morgan fingerprint density at radius 2 is 1.94 bits per heavy atom. The molecule has 0 atom stereocenters. The molecule has 0 unspecified atom stereocenters. The molecule has 3 aromatic rings. The van der Waals surface area contributed by atoms with Crippen molar-refractivity contribution in [3.05, 3.63) is 58.6 Å². The van der Waals surface area contributed by atoms with Gasteiger partial charge in [0.2, 0.25) is 0 Å². The fourth-order valence-electron chi connectivity index (χ4n) is 1.87. The fourth-order valence-corrected chi connectivity index (χ4v) is 2.30. The highest BCUT2D eigenvalue weighted by Gasteiger charge is 2.06. The Hall–Kier alpha value is -1.58. The van der Waals surface area contributed by atoms with E-state index >= 15 is 0 Å². The Labute approximate surface area is 114 Å². The molecule has 0 radical (unpaired) electrons. The highest BCUT2D eigenvalue weighted by Crippen LogP contribution is 2.21. The number of aromatic nitrogens is 3. The number of benzene rings is 1. The molecule has 0 saturated carbocycles. The van der Waals surface area contributed by atoms with Crippen molar-refractivity contribution in [1.29, 1.82) is 0 Å². The standard InChI is InChI=1S/C13H9Cl2N3/c14-10-5-13(15)16-6-9(10)7-18-8-17-11-3-1-2-4-12(11)18/h1-6,8H,7H2. The monoisotopic (exact) mass is 277 g/mol. The van der Waals surface area contributed by atoms with Crippen LogP contribution < -0.4 is 0 Å². The first-order chi connectivity index (χ1) is 8.74. The van der Waals surface area contributed by atoms with Crippen molar-refractivity contribution in [2.45, 2.75) is 6.54 Å². The number of hydrogen-bond donors (Lipinski definition) is 0. The van der Waals surface area contributed by atoms with Crippen LogP contribution in [0.2, 0.25) is 10.2 Å². The molecule has 3 nitrogen and oxygen atoms in total. The molecular formula is C13H9Cl2N3. The van der Waals surface area contributed by atoms with E-state index in [1.807, 2.05) is 28.8 Å². The van der Waals surface area contributed by atoms with Crippen molar-refractivity contribution in [2.24, 2.45) is 0 Å². The molecule has 0 amide bonds. The molecule has 90 valence electrons. The van der Waals surface area contributed by atoms with Crippen LogP contribution in [0.5, 0.6) is 0 Å². The number of rotatable bonds is 2. The van der Waals surface area contributed by atoms with Gasteiger partial charge < -0.3 is 4.57 Å². The Morgan fingerprint density at radius 1 is 1.11 bits per heavy atom. The fraction of sp³-hybridized carbons (Fsp3) is 0.0769. The van der Waals surface area contributed by atoms with Crippen LogP contribution in [0.4, 0.5) is 0 Å². The minimum atomic E-state index is 0.402. The van der Waals surface area contributed by atoms with Crippen molar-refractivity contribution in [3.8, 4) is 0 Å². The zero-order valence-corrected chi connectivity index (χ0v) is 10.9. The second-order valence-electron chi connectivity index (χ2n) is 3.96. The molecule has 0 bridgehead atoms. The van der Waals surface area contributed by atoms with E-state index < -0.39 is 0 Å². The molecule has 0 fully saturated rings. The molecule has 0 aliphatic rings. The molecule has 0 aliphatic carbocycles. The van der Waals surface area contributed by atoms with E-state index in [2.05, 4.69) is 9.97 Å². The molecule has 0 N–H and O–H groups in total. The molecule has 18 heavy (non-hydrogen) atoms. The second kappa shape index (κ2) is 4.59. The molecule has 3 rings (SSSR count). The van der Waals surface area contributed by atoms with Gasteiger partial charge in [-0.25, -0.2) is 9.97 Å². The van der Waals surface area contributed by atoms with Gasteiger partial charge in [-0.3, -0.25) is 0 Å². The molecule has 1 aromatic carbocycles. The van der Waals surface area contributed by atoms with Gasteiger partial charge in [-0.15, -0.1) is 0 Å². The summed E-state index contributed by atoms with van der Waals surface area (Å²) in [6.07, 6.45) is 3.50. The number of para-hydroxylation sites is 2. The third-order valence-electron chi connectivity index (χ3n) is 2.76. The first kappa shape index (κ1) is 11.5. The summed E-state index contributed by atoms with van der Waals surface area (Å²) in [7, 11) is 0. The number of imidazole rings is 1. The molecule has 0 saturated heterocycles. The summed E-state index contributed by atoms with van der Waals surface area (Å²) in [5.41, 5.74) is 2.96. The van der Waals surface area contributed by atoms with Crippen LogP contribution in [0.3, 0.4) is 0 Å². The number of fused-ring (bicyclic) bond motifs is 1. The Kier molecular flexibility index (Phi) is 2.94. The van der Waals surface area contributed by atoms with Crippen LogP contribution in [0.1, 0.15) is 5.56 Å². The lowest BCUT2D eigenvalue weighted by Crippen LogP contribution is -1.99. The Balaban J connectivity index is 2.01. The molecule has 2 aromatic heterocycles. The van der Waals surface area contributed by atoms with Crippen molar-refractivity contribution in [3.63, 3.8) is 0 Å². The molecule has 0 spiro atoms. The SMILES string of the molecule is Clc1cc(Cl)c(Cn2cnc3ccccc32)cn1. The summed E-state index contributed by atoms with van der Waals surface area (Å²) >= 11 is 11.9. The lowest BCUT2D eigenvalue weighted by Gasteiger charge is -2.06. The van der Waals surface area contributed by atoms with E-state index in [0.29, 0.717) is 16.7 Å². The van der Waals surface area contributed by atoms with Gasteiger partial charge in [-0.1, -0.05) is 35.3 Å². The number of pyridine rings is 1. The normalized spacial score (nSPS) is 11.0. The lowest BCUT2D eigenvalue weighted by molar-refractivity contribution is 0.820. The number of halogens is 2. The zero-order chi connectivity index (χ0) is 12.5. The van der Waals surface area contributed by atoms with E-state index in [-0.39, 0.29) is 0 Å². The largest absolute Gasteiger partial charge is 0.326 e. The Bertz CT molecular complexity index is 706. The van der Waals surface area contributed by atoms with E-state index in [9.17, 15) is 0 Å². The van der Waals surface area contributed by atoms with Crippen LogP contribution in [0.15, 0.2) is 42.9 Å². The minimum Gasteiger partial charge on any atom is -0.326 e. The maximum Gasteiger partial charge on any atom is 0.130 e. The van der Waals surface area contributed by atoms with Crippen LogP contribution >= 0.6 is 23.2 Å². The van der Waals surface area contributed by atoms with Gasteiger partial charge >= 0.3 is 0 Å². The van der Waals surface area contributed by atoms with Crippen molar-refractivity contribution in [1.82, 2.24) is 14.5 Å². The van der Waals surface area contributed by atoms with Crippen molar-refractivity contribution in [2.75, 3.05) is 0 Å². The van der Waals surface area contributed by atoms with E-state index in [4.69, 9.17) is 23.2 Å². The van der Waals surface area contributed by atoms with Crippen LogP contribution in [-0.2, 0) is 6.54 Å². The van der Waals surface area contributed by atoms with Gasteiger partial charge in [0, 0.05) is 11.8 Å². The first-order valence-corrected chi connectivity index (χ1v) is 6.19. The summed E-state index contributed by atoms with van der Waals surface area (Å²) in [6, 6.07) is 9.61. The highest BCUT2D eigenvalue weighted by atomic mass is 35.5. The van der Waals surface area contributed by atoms with Crippen LogP contribution in [-0.4, -0.2) is 14.5 Å². The number of hydrogen-bond acceptors (Lipinski definition) is 2. The summed E-state index contributed by atoms with van der Waals surface area (Å²) < 4.78 is 2.03. The van der Waals surface area contributed by atoms with Crippen molar-refractivity contribution < 1.29 is 0 Å². The van der Waals surface area contributed by atoms with Gasteiger partial charge in [-0.2, -0.15) is 0 Å². The topological polar surface area (TPSA) is 30.7 Å². The highest BCUT2D eigenvalue weighted by molar-refractivity contribution is 6.34. The average molecular weight is 278 g/mol. The van der Waals surface area contributed by atoms with Crippen LogP contribution in [0.25, 0.3) is 11.0 Å². The molecule has 0 aliphatic heterocycles. The van der Waals surface area contributed by atoms with E-state index in [1.54, 1.807) is 18.6 Å². The van der Waals surface area contributed by atoms with E-state index in [1.165, 1.54) is 0 Å². The van der Waals surface area contributed by atoms with Gasteiger partial charge in [0.25, 0.3) is 0 Å². The summed E-state index contributed by atoms with van der Waals surface area (Å²) in [5, 5.41) is 1.02. The number of nitrogens with zero attached hydrogens (tertiary/aromatic N) is 3. The Morgan fingerprint density at radius 3 is 2.78 bits per heavy atom. The van der Waals surface area contributed by atoms with Gasteiger partial charge in [0.05, 0.1) is 28.9 Å². The van der Waals surface area contributed by atoms with Crippen molar-refractivity contribution >= 4 is 34.2 Å². The van der Waals surface area contributed by atoms with Gasteiger partial charge in [0.15, 0.2) is 0 Å². The average Bonchev–Trinajstić information content (AvgIpc) is 2.76. The minimum absolute atomic E-state index is 0.402. The summed E-state index contributed by atoms with van der Waals surface area (Å²) in [6.45, 7) is 0.628. The first-order valence-electron chi connectivity index (χ1n) is 5.44. The van der Waals surface area contributed by atoms with Crippen LogP contribution in [0, 0.1) is 0 Å². The smallest absolute Gasteiger partial charge is 0.130 e. The quantitative estimate of drug-likeness (QED) is 0.668. The molecule has 5 heteroatoms. The maximum atomic E-state index is 6.14. The van der Waals surface area contributed by atoms with Gasteiger partial charge in [-0.05, 0) is 18.2 Å². The molecular weight excluding hydrogens is 269 g/mol. The predicted octanol–water partition coefficient (Wildman–Crippen LogP) is 3.79.